The molecule has 0 atom stereocenters. The van der Waals surface area contributed by atoms with Crippen molar-refractivity contribution in [3.05, 3.63) is 89.2 Å². The highest BCUT2D eigenvalue weighted by Crippen LogP contribution is 2.31. The standard InChI is InChI=1S/C27H23FN6O3/c1-36-21-9-5-6-17(24(21)37-2)15-31-34-25(29)22(27(35)30-14-16-10-12-18(28)13-11-16)23-26(34)33-20-8-4-3-7-19(20)32-23/h3-13,15H,14,29H2,1-2H3,(H,30,35)/b31-15-. The van der Waals surface area contributed by atoms with Crippen LogP contribution in [0.25, 0.3) is 22.2 Å². The van der Waals surface area contributed by atoms with E-state index < -0.39 is 5.91 Å². The third-order valence-corrected chi connectivity index (χ3v) is 5.81. The maximum atomic E-state index is 13.3. The Morgan fingerprint density at radius 2 is 1.76 bits per heavy atom. The second kappa shape index (κ2) is 9.94. The molecule has 0 saturated heterocycles. The number of hydrogen-bond donors (Lipinski definition) is 2. The molecule has 186 valence electrons. The van der Waals surface area contributed by atoms with Gasteiger partial charge in [-0.3, -0.25) is 4.79 Å². The molecule has 3 N–H and O–H groups in total. The summed E-state index contributed by atoms with van der Waals surface area (Å²) in [7, 11) is 3.09. The fourth-order valence-corrected chi connectivity index (χ4v) is 3.99. The molecular formula is C27H23FN6O3. The Kier molecular flexibility index (Phi) is 6.38. The Morgan fingerprint density at radius 1 is 1.03 bits per heavy atom. The number of carbonyl (C=O) groups is 1. The normalized spacial score (nSPS) is 11.3. The fraction of sp³-hybridized carbons (Fsp3) is 0.111. The number of rotatable bonds is 7. The Hall–Kier alpha value is -4.99. The van der Waals surface area contributed by atoms with Gasteiger partial charge in [0, 0.05) is 12.1 Å². The van der Waals surface area contributed by atoms with E-state index >= 15 is 0 Å². The molecule has 9 nitrogen and oxygen atoms in total. The van der Waals surface area contributed by atoms with E-state index in [1.54, 1.807) is 37.6 Å². The van der Waals surface area contributed by atoms with Crippen molar-refractivity contribution >= 4 is 40.1 Å². The smallest absolute Gasteiger partial charge is 0.257 e. The van der Waals surface area contributed by atoms with E-state index in [0.717, 1.165) is 5.56 Å². The van der Waals surface area contributed by atoms with Crippen LogP contribution in [0.15, 0.2) is 71.8 Å². The van der Waals surface area contributed by atoms with Gasteiger partial charge in [-0.15, -0.1) is 0 Å². The highest BCUT2D eigenvalue weighted by molar-refractivity contribution is 6.10. The number of anilines is 1. The first-order chi connectivity index (χ1) is 18.0. The summed E-state index contributed by atoms with van der Waals surface area (Å²) in [4.78, 5) is 22.7. The number of nitrogen functional groups attached to an aromatic ring is 1. The van der Waals surface area contributed by atoms with Crippen LogP contribution in [-0.4, -0.2) is 41.0 Å². The Balaban J connectivity index is 1.60. The van der Waals surface area contributed by atoms with Gasteiger partial charge in [-0.25, -0.2) is 14.4 Å². The van der Waals surface area contributed by atoms with Crippen LogP contribution in [0.3, 0.4) is 0 Å². The number of nitrogens with two attached hydrogens (primary N) is 1. The zero-order chi connectivity index (χ0) is 25.9. The summed E-state index contributed by atoms with van der Waals surface area (Å²) >= 11 is 0. The van der Waals surface area contributed by atoms with Gasteiger partial charge < -0.3 is 20.5 Å². The van der Waals surface area contributed by atoms with Crippen molar-refractivity contribution in [1.29, 1.82) is 0 Å². The number of carbonyl (C=O) groups excluding carboxylic acids is 1. The van der Waals surface area contributed by atoms with Gasteiger partial charge >= 0.3 is 0 Å². The van der Waals surface area contributed by atoms with Gasteiger partial charge in [0.1, 0.15) is 22.7 Å². The third kappa shape index (κ3) is 4.52. The van der Waals surface area contributed by atoms with Crippen molar-refractivity contribution in [3.8, 4) is 11.5 Å². The maximum Gasteiger partial charge on any atom is 0.257 e. The Morgan fingerprint density at radius 3 is 2.46 bits per heavy atom. The van der Waals surface area contributed by atoms with Crippen LogP contribution in [0.2, 0.25) is 0 Å². The van der Waals surface area contributed by atoms with Gasteiger partial charge in [-0.05, 0) is 42.0 Å². The molecule has 0 spiro atoms. The van der Waals surface area contributed by atoms with E-state index in [0.29, 0.717) is 39.3 Å². The molecular weight excluding hydrogens is 475 g/mol. The average molecular weight is 499 g/mol. The molecule has 0 aliphatic heterocycles. The minimum absolute atomic E-state index is 0.0695. The molecule has 2 heterocycles. The molecule has 0 saturated carbocycles. The number of para-hydroxylation sites is 3. The van der Waals surface area contributed by atoms with Crippen LogP contribution in [0, 0.1) is 5.82 Å². The van der Waals surface area contributed by atoms with Crippen LogP contribution >= 0.6 is 0 Å². The predicted octanol–water partition coefficient (Wildman–Crippen LogP) is 4.14. The van der Waals surface area contributed by atoms with Crippen molar-refractivity contribution in [2.75, 3.05) is 20.0 Å². The molecule has 2 aromatic heterocycles. The number of hydrogen-bond acceptors (Lipinski definition) is 7. The molecule has 0 unspecified atom stereocenters. The number of methoxy groups -OCH3 is 2. The molecule has 1 amide bonds. The van der Waals surface area contributed by atoms with Crippen molar-refractivity contribution in [2.24, 2.45) is 5.10 Å². The number of nitrogens with zero attached hydrogens (tertiary/aromatic N) is 4. The highest BCUT2D eigenvalue weighted by atomic mass is 19.1. The largest absolute Gasteiger partial charge is 0.493 e. The Labute approximate surface area is 211 Å². The Bertz CT molecular complexity index is 1650. The first-order valence-corrected chi connectivity index (χ1v) is 11.3. The number of nitrogens with one attached hydrogen (secondary N) is 1. The first kappa shape index (κ1) is 23.7. The molecule has 37 heavy (non-hydrogen) atoms. The quantitative estimate of drug-likeness (QED) is 0.326. The minimum Gasteiger partial charge on any atom is -0.493 e. The second-order valence-corrected chi connectivity index (χ2v) is 8.09. The van der Waals surface area contributed by atoms with E-state index in [1.165, 1.54) is 23.9 Å². The summed E-state index contributed by atoms with van der Waals surface area (Å²) in [5.74, 6) is 0.306. The van der Waals surface area contributed by atoms with Gasteiger partial charge in [0.25, 0.3) is 5.91 Å². The van der Waals surface area contributed by atoms with Crippen LogP contribution < -0.4 is 20.5 Å². The van der Waals surface area contributed by atoms with E-state index in [9.17, 15) is 9.18 Å². The maximum absolute atomic E-state index is 13.3. The topological polar surface area (TPSA) is 117 Å². The summed E-state index contributed by atoms with van der Waals surface area (Å²) in [6, 6.07) is 18.6. The van der Waals surface area contributed by atoms with Gasteiger partial charge in [-0.1, -0.05) is 30.3 Å². The van der Waals surface area contributed by atoms with E-state index in [4.69, 9.17) is 15.2 Å². The van der Waals surface area contributed by atoms with Crippen LogP contribution in [-0.2, 0) is 6.54 Å². The average Bonchev–Trinajstić information content (AvgIpc) is 3.19. The van der Waals surface area contributed by atoms with E-state index in [1.807, 2.05) is 30.3 Å². The SMILES string of the molecule is COc1cccc(/C=N\n2c(N)c(C(=O)NCc3ccc(F)cc3)c3nc4ccccc4nc32)c1OC. The summed E-state index contributed by atoms with van der Waals surface area (Å²) in [6.07, 6.45) is 1.55. The van der Waals surface area contributed by atoms with Gasteiger partial charge in [0.05, 0.1) is 31.5 Å². The van der Waals surface area contributed by atoms with Crippen LogP contribution in [0.1, 0.15) is 21.5 Å². The first-order valence-electron chi connectivity index (χ1n) is 11.3. The van der Waals surface area contributed by atoms with Gasteiger partial charge in [0.15, 0.2) is 17.1 Å². The van der Waals surface area contributed by atoms with Crippen LogP contribution in [0.5, 0.6) is 11.5 Å². The van der Waals surface area contributed by atoms with Crippen molar-refractivity contribution in [2.45, 2.75) is 6.54 Å². The molecule has 0 aliphatic rings. The lowest BCUT2D eigenvalue weighted by molar-refractivity contribution is 0.0953. The molecule has 5 rings (SSSR count). The summed E-state index contributed by atoms with van der Waals surface area (Å²) in [5, 5.41) is 7.36. The molecule has 0 fully saturated rings. The third-order valence-electron chi connectivity index (χ3n) is 5.81. The molecule has 3 aromatic carbocycles. The number of ether oxygens (including phenoxy) is 2. The molecule has 10 heteroatoms. The monoisotopic (exact) mass is 498 g/mol. The van der Waals surface area contributed by atoms with E-state index in [2.05, 4.69) is 20.4 Å². The summed E-state index contributed by atoms with van der Waals surface area (Å²) < 4.78 is 25.5. The number of halogens is 1. The molecule has 5 aromatic rings. The molecule has 0 aliphatic carbocycles. The van der Waals surface area contributed by atoms with Crippen molar-refractivity contribution in [1.82, 2.24) is 20.0 Å². The second-order valence-electron chi connectivity index (χ2n) is 8.09. The van der Waals surface area contributed by atoms with Crippen LogP contribution in [0.4, 0.5) is 10.2 Å². The highest BCUT2D eigenvalue weighted by Gasteiger charge is 2.24. The predicted molar refractivity (Wildman–Crippen MR) is 140 cm³/mol. The zero-order valence-electron chi connectivity index (χ0n) is 20.1. The van der Waals surface area contributed by atoms with Gasteiger partial charge in [0.2, 0.25) is 0 Å². The summed E-state index contributed by atoms with van der Waals surface area (Å²) in [6.45, 7) is 0.177. The number of aromatic nitrogens is 3. The fourth-order valence-electron chi connectivity index (χ4n) is 3.99. The minimum atomic E-state index is -0.454. The zero-order valence-corrected chi connectivity index (χ0v) is 20.1. The molecule has 0 bridgehead atoms. The lowest BCUT2D eigenvalue weighted by atomic mass is 10.2. The lowest BCUT2D eigenvalue weighted by Crippen LogP contribution is -2.23. The van der Waals surface area contributed by atoms with Crippen molar-refractivity contribution in [3.63, 3.8) is 0 Å². The van der Waals surface area contributed by atoms with E-state index in [-0.39, 0.29) is 23.7 Å². The molecule has 0 radical (unpaired) electrons. The number of benzene rings is 3. The number of fused-ring (bicyclic) bond motifs is 2. The lowest BCUT2D eigenvalue weighted by Gasteiger charge is -2.09. The summed E-state index contributed by atoms with van der Waals surface area (Å²) in [5.41, 5.74) is 9.84. The van der Waals surface area contributed by atoms with Crippen molar-refractivity contribution < 1.29 is 18.7 Å². The number of amides is 1. The van der Waals surface area contributed by atoms with Gasteiger partial charge in [-0.2, -0.15) is 9.78 Å².